The standard InChI is InChI=1S/C39H41ClF3N3O4.K/c1-2-19-50-31-23-30-33(34(35(31)40)38(13-14-38)26-8-4-3-5-9-26)32(37(47)48)29(36(44-30)25-7-6-10-27(22-25)39(41,42)43)24-45-15-11-28(12-16-45)46-17-20-49-21-18-46;/h3-10,22-23,28H,2,11-21,24H2,1H3,(H,47,48);/q;+1/p-1. The molecule has 0 atom stereocenters. The van der Waals surface area contributed by atoms with E-state index in [2.05, 4.69) is 9.80 Å². The summed E-state index contributed by atoms with van der Waals surface area (Å²) in [5.41, 5.74) is 1.07. The summed E-state index contributed by atoms with van der Waals surface area (Å²) in [6, 6.07) is 16.8. The zero-order valence-electron chi connectivity index (χ0n) is 29.0. The Morgan fingerprint density at radius 3 is 2.37 bits per heavy atom. The van der Waals surface area contributed by atoms with E-state index in [0.29, 0.717) is 78.2 Å². The van der Waals surface area contributed by atoms with Crippen LogP contribution in [0, 0.1) is 0 Å². The second-order valence-electron chi connectivity index (χ2n) is 13.6. The van der Waals surface area contributed by atoms with Crippen LogP contribution in [-0.4, -0.2) is 72.8 Å². The SMILES string of the molecule is CCCOc1cc2nc(-c3cccc(C(F)(F)F)c3)c(CN3CCC(N4CCOCC4)CC3)c(C(=O)[O-])c2c(C2(c3ccccc3)CC2)c1Cl.[K+]. The Morgan fingerprint density at radius 1 is 1.04 bits per heavy atom. The summed E-state index contributed by atoms with van der Waals surface area (Å²) in [7, 11) is 0. The molecule has 2 aliphatic heterocycles. The number of nitrogens with zero attached hydrogens (tertiary/aromatic N) is 3. The molecule has 7 rings (SSSR count). The summed E-state index contributed by atoms with van der Waals surface area (Å²) in [4.78, 5) is 23.2. The molecule has 7 nitrogen and oxygen atoms in total. The number of halogens is 4. The van der Waals surface area contributed by atoms with E-state index >= 15 is 0 Å². The number of benzene rings is 3. The molecule has 0 unspecified atom stereocenters. The van der Waals surface area contributed by atoms with Gasteiger partial charge in [-0.2, -0.15) is 13.2 Å². The van der Waals surface area contributed by atoms with Crippen molar-refractivity contribution in [3.8, 4) is 17.0 Å². The van der Waals surface area contributed by atoms with Crippen molar-refractivity contribution >= 4 is 28.5 Å². The smallest absolute Gasteiger partial charge is 0.545 e. The summed E-state index contributed by atoms with van der Waals surface area (Å²) >= 11 is 7.22. The summed E-state index contributed by atoms with van der Waals surface area (Å²) in [6.07, 6.45) is -0.659. The molecule has 3 heterocycles. The number of aromatic carboxylic acids is 1. The molecule has 0 N–H and O–H groups in total. The fraction of sp³-hybridized carbons (Fsp3) is 0.436. The average Bonchev–Trinajstić information content (AvgIpc) is 3.93. The topological polar surface area (TPSA) is 78.0 Å². The van der Waals surface area contributed by atoms with Crippen molar-refractivity contribution in [3.63, 3.8) is 0 Å². The normalized spacial score (nSPS) is 18.4. The summed E-state index contributed by atoms with van der Waals surface area (Å²) in [5.74, 6) is -1.06. The molecular weight excluding hydrogens is 706 g/mol. The van der Waals surface area contributed by atoms with Gasteiger partial charge in [-0.15, -0.1) is 0 Å². The summed E-state index contributed by atoms with van der Waals surface area (Å²) in [6.45, 7) is 7.08. The van der Waals surface area contributed by atoms with Gasteiger partial charge in [0.05, 0.1) is 47.6 Å². The van der Waals surface area contributed by atoms with Gasteiger partial charge in [0, 0.05) is 59.2 Å². The van der Waals surface area contributed by atoms with Crippen LogP contribution in [0.1, 0.15) is 71.6 Å². The number of morpholine rings is 1. The number of hydrogen-bond acceptors (Lipinski definition) is 7. The fourth-order valence-electron chi connectivity index (χ4n) is 7.82. The number of likely N-dealkylation sites (tertiary alicyclic amines) is 1. The Morgan fingerprint density at radius 2 is 1.75 bits per heavy atom. The maximum absolute atomic E-state index is 14.0. The average molecular weight is 746 g/mol. The van der Waals surface area contributed by atoms with Gasteiger partial charge in [0.15, 0.2) is 0 Å². The maximum atomic E-state index is 14.0. The van der Waals surface area contributed by atoms with E-state index in [1.807, 2.05) is 37.3 Å². The minimum absolute atomic E-state index is 0. The van der Waals surface area contributed by atoms with Crippen molar-refractivity contribution in [2.24, 2.45) is 0 Å². The molecular formula is C39H40ClF3KN3O4. The van der Waals surface area contributed by atoms with Crippen LogP contribution in [0.4, 0.5) is 13.2 Å². The van der Waals surface area contributed by atoms with Gasteiger partial charge in [0.2, 0.25) is 0 Å². The largest absolute Gasteiger partial charge is 1.00 e. The molecule has 3 aromatic carbocycles. The molecule has 3 fully saturated rings. The van der Waals surface area contributed by atoms with Crippen LogP contribution in [-0.2, 0) is 22.9 Å². The van der Waals surface area contributed by atoms with Crippen molar-refractivity contribution in [2.45, 2.75) is 63.2 Å². The minimum atomic E-state index is -4.60. The number of carboxylic acid groups (broad SMARTS) is 1. The van der Waals surface area contributed by atoms with Gasteiger partial charge in [0.1, 0.15) is 5.75 Å². The second-order valence-corrected chi connectivity index (χ2v) is 14.0. The molecule has 3 aliphatic rings. The molecule has 2 saturated heterocycles. The first-order chi connectivity index (χ1) is 24.1. The predicted octanol–water partition coefficient (Wildman–Crippen LogP) is 4.11. The molecule has 1 saturated carbocycles. The number of fused-ring (bicyclic) bond motifs is 1. The monoisotopic (exact) mass is 745 g/mol. The maximum Gasteiger partial charge on any atom is 1.00 e. The molecule has 0 spiro atoms. The van der Waals surface area contributed by atoms with E-state index in [9.17, 15) is 23.1 Å². The Hall–Kier alpha value is -2.06. The van der Waals surface area contributed by atoms with Crippen molar-refractivity contribution in [1.29, 1.82) is 0 Å². The van der Waals surface area contributed by atoms with Crippen LogP contribution < -0.4 is 61.2 Å². The van der Waals surface area contributed by atoms with Crippen LogP contribution in [0.2, 0.25) is 5.02 Å². The number of carboxylic acids is 1. The quantitative estimate of drug-likeness (QED) is 0.227. The Balaban J connectivity index is 0.00000448. The van der Waals surface area contributed by atoms with Gasteiger partial charge in [-0.3, -0.25) is 9.80 Å². The van der Waals surface area contributed by atoms with E-state index < -0.39 is 23.1 Å². The minimum Gasteiger partial charge on any atom is -0.545 e. The van der Waals surface area contributed by atoms with Crippen LogP contribution in [0.15, 0.2) is 60.7 Å². The van der Waals surface area contributed by atoms with Crippen molar-refractivity contribution in [2.75, 3.05) is 46.0 Å². The number of carbonyl (C=O) groups excluding carboxylic acids is 1. The molecule has 1 aliphatic carbocycles. The molecule has 264 valence electrons. The van der Waals surface area contributed by atoms with Crippen LogP contribution in [0.25, 0.3) is 22.2 Å². The van der Waals surface area contributed by atoms with Gasteiger partial charge in [-0.1, -0.05) is 61.0 Å². The molecule has 51 heavy (non-hydrogen) atoms. The van der Waals surface area contributed by atoms with Gasteiger partial charge < -0.3 is 19.4 Å². The predicted molar refractivity (Wildman–Crippen MR) is 184 cm³/mol. The van der Waals surface area contributed by atoms with E-state index in [4.69, 9.17) is 26.1 Å². The zero-order chi connectivity index (χ0) is 35.0. The van der Waals surface area contributed by atoms with Crippen molar-refractivity contribution < 1.29 is 83.9 Å². The fourth-order valence-corrected chi connectivity index (χ4v) is 8.20. The summed E-state index contributed by atoms with van der Waals surface area (Å²) in [5, 5.41) is 14.2. The molecule has 0 amide bonds. The van der Waals surface area contributed by atoms with Crippen LogP contribution in [0.5, 0.6) is 5.75 Å². The number of alkyl halides is 3. The number of hydrogen-bond donors (Lipinski definition) is 0. The van der Waals surface area contributed by atoms with Gasteiger partial charge in [0.25, 0.3) is 0 Å². The number of aromatic nitrogens is 1. The Labute approximate surface area is 343 Å². The first-order valence-electron chi connectivity index (χ1n) is 17.4. The first-order valence-corrected chi connectivity index (χ1v) is 17.8. The molecule has 4 aromatic rings. The molecule has 0 bridgehead atoms. The van der Waals surface area contributed by atoms with Crippen LogP contribution in [0.3, 0.4) is 0 Å². The van der Waals surface area contributed by atoms with Crippen LogP contribution >= 0.6 is 11.6 Å². The molecule has 12 heteroatoms. The third-order valence-corrected chi connectivity index (χ3v) is 10.8. The van der Waals surface area contributed by atoms with Crippen molar-refractivity contribution in [3.05, 3.63) is 93.5 Å². The van der Waals surface area contributed by atoms with Crippen molar-refractivity contribution in [1.82, 2.24) is 14.8 Å². The summed E-state index contributed by atoms with van der Waals surface area (Å²) < 4.78 is 53.6. The number of rotatable bonds is 10. The Kier molecular flexibility index (Phi) is 12.2. The third-order valence-electron chi connectivity index (χ3n) is 10.5. The first kappa shape index (κ1) is 38.7. The number of carbonyl (C=O) groups is 1. The van der Waals surface area contributed by atoms with E-state index in [1.54, 1.807) is 12.1 Å². The number of pyridine rings is 1. The molecule has 0 radical (unpaired) electrons. The van der Waals surface area contributed by atoms with Gasteiger partial charge in [-0.25, -0.2) is 4.98 Å². The second kappa shape index (κ2) is 16.1. The molecule has 1 aromatic heterocycles. The third kappa shape index (κ3) is 7.93. The Bertz CT molecular complexity index is 1880. The van der Waals surface area contributed by atoms with Gasteiger partial charge >= 0.3 is 57.6 Å². The number of piperidine rings is 1. The van der Waals surface area contributed by atoms with E-state index in [1.165, 1.54) is 6.07 Å². The number of ether oxygens (including phenoxy) is 2. The van der Waals surface area contributed by atoms with Gasteiger partial charge in [-0.05, 0) is 68.5 Å². The van der Waals surface area contributed by atoms with E-state index in [0.717, 1.165) is 56.5 Å². The zero-order valence-corrected chi connectivity index (χ0v) is 32.9. The van der Waals surface area contributed by atoms with E-state index in [-0.39, 0.29) is 74.8 Å².